The molecule has 0 unspecified atom stereocenters. The van der Waals surface area contributed by atoms with Crippen LogP contribution in [0, 0.1) is 0 Å². The van der Waals surface area contributed by atoms with E-state index in [-0.39, 0.29) is 5.78 Å². The Balaban J connectivity index is 2.77. The lowest BCUT2D eigenvalue weighted by Gasteiger charge is -1.85. The first-order valence-electron chi connectivity index (χ1n) is 3.34. The molecule has 13 heavy (non-hydrogen) atoms. The third-order valence-corrected chi connectivity index (χ3v) is 2.20. The molecule has 6 nitrogen and oxygen atoms in total. The minimum atomic E-state index is -4.24. The molecule has 0 spiro atoms. The third-order valence-electron chi connectivity index (χ3n) is 1.48. The van der Waals surface area contributed by atoms with Crippen LogP contribution in [0.2, 0.25) is 0 Å². The molecule has 0 bridgehead atoms. The van der Waals surface area contributed by atoms with Gasteiger partial charge in [0.25, 0.3) is 0 Å². The van der Waals surface area contributed by atoms with Gasteiger partial charge in [0.2, 0.25) is 10.8 Å². The van der Waals surface area contributed by atoms with Crippen LogP contribution >= 0.6 is 0 Å². The first-order valence-corrected chi connectivity index (χ1v) is 4.78. The second-order valence-electron chi connectivity index (χ2n) is 2.38. The van der Waals surface area contributed by atoms with E-state index < -0.39 is 15.1 Å². The predicted octanol–water partition coefficient (Wildman–Crippen LogP) is -0.0240. The van der Waals surface area contributed by atoms with Crippen molar-refractivity contribution in [2.24, 2.45) is 0 Å². The molecule has 0 atom stereocenters. The highest BCUT2D eigenvalue weighted by molar-refractivity contribution is 7.85. The van der Waals surface area contributed by atoms with Gasteiger partial charge >= 0.3 is 10.1 Å². The van der Waals surface area contributed by atoms with Crippen molar-refractivity contribution < 1.29 is 13.0 Å². The molecule has 0 aliphatic rings. The second-order valence-corrected chi connectivity index (χ2v) is 3.75. The molecule has 0 aliphatic heterocycles. The molecule has 0 saturated carbocycles. The number of rotatable bonds is 1. The van der Waals surface area contributed by atoms with Crippen molar-refractivity contribution in [2.75, 3.05) is 0 Å². The fourth-order valence-corrected chi connectivity index (χ4v) is 1.38. The van der Waals surface area contributed by atoms with Crippen molar-refractivity contribution >= 4 is 15.9 Å². The van der Waals surface area contributed by atoms with Gasteiger partial charge in [-0.25, -0.2) is 4.98 Å². The molecular weight excluding hydrogens is 194 g/mol. The van der Waals surface area contributed by atoms with Gasteiger partial charge in [0.05, 0.1) is 6.20 Å². The van der Waals surface area contributed by atoms with Gasteiger partial charge in [-0.1, -0.05) is 0 Å². The SMILES string of the molecule is O=S(=O)(O)c1cn2cccnc2n1. The van der Waals surface area contributed by atoms with Gasteiger partial charge in [-0.05, 0) is 6.07 Å². The van der Waals surface area contributed by atoms with Gasteiger partial charge in [0.1, 0.15) is 0 Å². The summed E-state index contributed by atoms with van der Waals surface area (Å²) in [4.78, 5) is 7.39. The van der Waals surface area contributed by atoms with Crippen molar-refractivity contribution in [3.8, 4) is 0 Å². The van der Waals surface area contributed by atoms with Crippen molar-refractivity contribution in [2.45, 2.75) is 5.03 Å². The van der Waals surface area contributed by atoms with Crippen molar-refractivity contribution in [1.82, 2.24) is 14.4 Å². The Bertz CT molecular complexity index is 512. The fraction of sp³-hybridized carbons (Fsp3) is 0. The summed E-state index contributed by atoms with van der Waals surface area (Å²) in [5, 5.41) is -0.397. The van der Waals surface area contributed by atoms with E-state index in [1.165, 1.54) is 16.8 Å². The summed E-state index contributed by atoms with van der Waals surface area (Å²) in [6.07, 6.45) is 4.26. The number of nitrogens with zero attached hydrogens (tertiary/aromatic N) is 3. The average molecular weight is 199 g/mol. The van der Waals surface area contributed by atoms with Crippen LogP contribution in [0.25, 0.3) is 5.78 Å². The Hall–Kier alpha value is -1.47. The smallest absolute Gasteiger partial charge is 0.290 e. The Morgan fingerprint density at radius 1 is 1.46 bits per heavy atom. The molecule has 0 aliphatic carbocycles. The maximum Gasteiger partial charge on any atom is 0.313 e. The molecule has 68 valence electrons. The number of fused-ring (bicyclic) bond motifs is 1. The van der Waals surface area contributed by atoms with Crippen LogP contribution in [-0.2, 0) is 10.1 Å². The molecule has 0 aromatic carbocycles. The maximum atomic E-state index is 10.7. The van der Waals surface area contributed by atoms with Crippen LogP contribution in [0.3, 0.4) is 0 Å². The van der Waals surface area contributed by atoms with Crippen LogP contribution < -0.4 is 0 Å². The van der Waals surface area contributed by atoms with E-state index in [2.05, 4.69) is 9.97 Å². The molecule has 0 fully saturated rings. The van der Waals surface area contributed by atoms with Crippen molar-refractivity contribution in [3.63, 3.8) is 0 Å². The Morgan fingerprint density at radius 3 is 2.85 bits per heavy atom. The zero-order valence-electron chi connectivity index (χ0n) is 6.32. The van der Waals surface area contributed by atoms with E-state index >= 15 is 0 Å². The van der Waals surface area contributed by atoms with Gasteiger partial charge in [0.15, 0.2) is 0 Å². The Kier molecular flexibility index (Phi) is 1.57. The van der Waals surface area contributed by atoms with E-state index in [0.29, 0.717) is 0 Å². The van der Waals surface area contributed by atoms with Crippen molar-refractivity contribution in [1.29, 1.82) is 0 Å². The Labute approximate surface area is 73.6 Å². The van der Waals surface area contributed by atoms with Crippen LogP contribution in [-0.4, -0.2) is 27.3 Å². The van der Waals surface area contributed by atoms with Crippen molar-refractivity contribution in [3.05, 3.63) is 24.7 Å². The monoisotopic (exact) mass is 199 g/mol. The fourth-order valence-electron chi connectivity index (χ4n) is 0.932. The molecule has 1 N–H and O–H groups in total. The number of hydrogen-bond acceptors (Lipinski definition) is 4. The lowest BCUT2D eigenvalue weighted by Crippen LogP contribution is -1.97. The zero-order chi connectivity index (χ0) is 9.47. The van der Waals surface area contributed by atoms with Gasteiger partial charge in [-0.2, -0.15) is 13.4 Å². The summed E-state index contributed by atoms with van der Waals surface area (Å²) in [5.74, 6) is 0.232. The highest BCUT2D eigenvalue weighted by atomic mass is 32.2. The zero-order valence-corrected chi connectivity index (χ0v) is 7.14. The minimum Gasteiger partial charge on any atom is -0.290 e. The summed E-state index contributed by atoms with van der Waals surface area (Å²) < 4.78 is 31.4. The number of imidazole rings is 1. The van der Waals surface area contributed by atoms with E-state index in [0.717, 1.165) is 0 Å². The van der Waals surface area contributed by atoms with Crippen LogP contribution in [0.15, 0.2) is 29.7 Å². The summed E-state index contributed by atoms with van der Waals surface area (Å²) in [7, 11) is -4.24. The Morgan fingerprint density at radius 2 is 2.23 bits per heavy atom. The molecule has 7 heteroatoms. The van der Waals surface area contributed by atoms with Gasteiger partial charge in [0, 0.05) is 12.4 Å². The van der Waals surface area contributed by atoms with Gasteiger partial charge in [-0.15, -0.1) is 0 Å². The van der Waals surface area contributed by atoms with Gasteiger partial charge in [-0.3, -0.25) is 8.95 Å². The highest BCUT2D eigenvalue weighted by Crippen LogP contribution is 2.06. The van der Waals surface area contributed by atoms with E-state index in [4.69, 9.17) is 4.55 Å². The molecular formula is C6H5N3O3S. The quantitative estimate of drug-likeness (QED) is 0.652. The average Bonchev–Trinajstić information content (AvgIpc) is 2.45. The van der Waals surface area contributed by atoms with E-state index in [1.807, 2.05) is 0 Å². The second kappa shape index (κ2) is 2.51. The highest BCUT2D eigenvalue weighted by Gasteiger charge is 2.14. The molecule has 0 saturated heterocycles. The number of aromatic nitrogens is 3. The summed E-state index contributed by atoms with van der Waals surface area (Å²) >= 11 is 0. The predicted molar refractivity (Wildman–Crippen MR) is 42.8 cm³/mol. The van der Waals surface area contributed by atoms with E-state index in [9.17, 15) is 8.42 Å². The minimum absolute atomic E-state index is 0.232. The molecule has 0 amide bonds. The van der Waals surface area contributed by atoms with Crippen LogP contribution in [0.4, 0.5) is 0 Å². The summed E-state index contributed by atoms with van der Waals surface area (Å²) in [6, 6.07) is 1.63. The summed E-state index contributed by atoms with van der Waals surface area (Å²) in [5.41, 5.74) is 0. The van der Waals surface area contributed by atoms with Crippen LogP contribution in [0.5, 0.6) is 0 Å². The molecule has 2 heterocycles. The lowest BCUT2D eigenvalue weighted by atomic mass is 10.7. The largest absolute Gasteiger partial charge is 0.313 e. The number of hydrogen-bond donors (Lipinski definition) is 1. The lowest BCUT2D eigenvalue weighted by molar-refractivity contribution is 0.480. The van der Waals surface area contributed by atoms with Gasteiger partial charge < -0.3 is 0 Å². The molecule has 2 aromatic heterocycles. The third kappa shape index (κ3) is 1.38. The van der Waals surface area contributed by atoms with Crippen LogP contribution in [0.1, 0.15) is 0 Å². The molecule has 2 rings (SSSR count). The molecule has 0 radical (unpaired) electrons. The first-order chi connectivity index (χ1) is 6.07. The molecule has 2 aromatic rings. The topological polar surface area (TPSA) is 84.6 Å². The normalized spacial score (nSPS) is 12.1. The summed E-state index contributed by atoms with van der Waals surface area (Å²) in [6.45, 7) is 0. The first kappa shape index (κ1) is 8.14. The standard InChI is InChI=1S/C6H5N3O3S/c10-13(11,12)5-4-9-3-1-2-7-6(9)8-5/h1-4H,(H,10,11,12). The van der Waals surface area contributed by atoms with E-state index in [1.54, 1.807) is 12.3 Å². The maximum absolute atomic E-state index is 10.7.